The van der Waals surface area contributed by atoms with Crippen LogP contribution >= 0.6 is 11.8 Å². The van der Waals surface area contributed by atoms with Crippen molar-refractivity contribution in [2.45, 2.75) is 37.7 Å². The van der Waals surface area contributed by atoms with Gasteiger partial charge in [0.15, 0.2) is 0 Å². The number of hydrogen-bond acceptors (Lipinski definition) is 4. The minimum atomic E-state index is -0.0200. The molecule has 2 aromatic rings. The van der Waals surface area contributed by atoms with E-state index in [-0.39, 0.29) is 11.9 Å². The van der Waals surface area contributed by atoms with Crippen LogP contribution in [-0.2, 0) is 18.8 Å². The molecule has 5 nitrogen and oxygen atoms in total. The number of piperidine rings is 1. The van der Waals surface area contributed by atoms with E-state index in [1.165, 1.54) is 5.56 Å². The Morgan fingerprint density at radius 1 is 1.20 bits per heavy atom. The second-order valence-corrected chi connectivity index (χ2v) is 7.90. The number of rotatable bonds is 4. The molecule has 0 saturated carbocycles. The van der Waals surface area contributed by atoms with Gasteiger partial charge in [0.05, 0.1) is 5.75 Å². The maximum atomic E-state index is 12.5. The number of carbonyl (C=O) groups excluding carboxylic acids is 1. The van der Waals surface area contributed by atoms with E-state index in [9.17, 15) is 4.79 Å². The summed E-state index contributed by atoms with van der Waals surface area (Å²) in [6, 6.07) is 10.8. The monoisotopic (exact) mass is 356 g/mol. The number of benzene rings is 1. The summed E-state index contributed by atoms with van der Waals surface area (Å²) in [6.07, 6.45) is 3.92. The van der Waals surface area contributed by atoms with Gasteiger partial charge in [-0.25, -0.2) is 4.98 Å². The van der Waals surface area contributed by atoms with Gasteiger partial charge in [0.1, 0.15) is 11.5 Å². The lowest BCUT2D eigenvalue weighted by Gasteiger charge is -2.32. The summed E-state index contributed by atoms with van der Waals surface area (Å²) in [6.45, 7) is 4.00. The molecule has 0 unspecified atom stereocenters. The third-order valence-electron chi connectivity index (χ3n) is 4.97. The summed E-state index contributed by atoms with van der Waals surface area (Å²) in [4.78, 5) is 19.5. The van der Waals surface area contributed by atoms with Gasteiger partial charge < -0.3 is 9.88 Å². The smallest absolute Gasteiger partial charge is 0.271 e. The van der Waals surface area contributed by atoms with Crippen LogP contribution in [0.4, 0.5) is 0 Å². The van der Waals surface area contributed by atoms with Crippen LogP contribution in [0.5, 0.6) is 0 Å². The molecule has 2 aliphatic heterocycles. The Labute approximate surface area is 152 Å². The van der Waals surface area contributed by atoms with Crippen LogP contribution in [0.25, 0.3) is 0 Å². The van der Waals surface area contributed by atoms with Crippen molar-refractivity contribution >= 4 is 17.7 Å². The predicted octanol–water partition coefficient (Wildman–Crippen LogP) is 2.52. The largest absolute Gasteiger partial charge is 0.348 e. The highest BCUT2D eigenvalue weighted by Gasteiger charge is 2.23. The number of nitrogens with one attached hydrogen (secondary N) is 1. The van der Waals surface area contributed by atoms with Crippen molar-refractivity contribution < 1.29 is 4.79 Å². The molecule has 25 heavy (non-hydrogen) atoms. The van der Waals surface area contributed by atoms with E-state index in [0.717, 1.165) is 56.4 Å². The van der Waals surface area contributed by atoms with Crippen LogP contribution in [0.3, 0.4) is 0 Å². The molecule has 0 atom stereocenters. The summed E-state index contributed by atoms with van der Waals surface area (Å²) in [5.41, 5.74) is 1.93. The van der Waals surface area contributed by atoms with E-state index in [1.807, 2.05) is 18.0 Å². The SMILES string of the molecule is O=C(NC1CCN(Cc2ccccc2)CC1)c1cn2c(n1)CSCC2. The lowest BCUT2D eigenvalue weighted by molar-refractivity contribution is 0.0904. The molecule has 0 bridgehead atoms. The Hall–Kier alpha value is -1.79. The van der Waals surface area contributed by atoms with E-state index in [4.69, 9.17) is 0 Å². The summed E-state index contributed by atoms with van der Waals surface area (Å²) in [7, 11) is 0. The Morgan fingerprint density at radius 3 is 2.76 bits per heavy atom. The van der Waals surface area contributed by atoms with Crippen LogP contribution in [0, 0.1) is 0 Å². The van der Waals surface area contributed by atoms with Crippen LogP contribution in [0.2, 0.25) is 0 Å². The Balaban J connectivity index is 1.28. The van der Waals surface area contributed by atoms with Crippen molar-refractivity contribution in [2.75, 3.05) is 18.8 Å². The second-order valence-electron chi connectivity index (χ2n) is 6.80. The molecule has 0 spiro atoms. The molecule has 2 aliphatic rings. The normalized spacial score (nSPS) is 18.7. The fourth-order valence-electron chi connectivity index (χ4n) is 3.54. The summed E-state index contributed by atoms with van der Waals surface area (Å²) < 4.78 is 2.12. The van der Waals surface area contributed by atoms with E-state index in [2.05, 4.69) is 50.1 Å². The van der Waals surface area contributed by atoms with Gasteiger partial charge in [0, 0.05) is 44.2 Å². The first kappa shape index (κ1) is 16.7. The Morgan fingerprint density at radius 2 is 2.00 bits per heavy atom. The van der Waals surface area contributed by atoms with Crippen LogP contribution in [0.15, 0.2) is 36.5 Å². The minimum Gasteiger partial charge on any atom is -0.348 e. The number of thioether (sulfide) groups is 1. The van der Waals surface area contributed by atoms with Gasteiger partial charge in [-0.3, -0.25) is 9.69 Å². The van der Waals surface area contributed by atoms with Crippen molar-refractivity contribution in [2.24, 2.45) is 0 Å². The van der Waals surface area contributed by atoms with Crippen molar-refractivity contribution in [3.05, 3.63) is 53.6 Å². The fraction of sp³-hybridized carbons (Fsp3) is 0.474. The maximum Gasteiger partial charge on any atom is 0.271 e. The highest BCUT2D eigenvalue weighted by molar-refractivity contribution is 7.98. The lowest BCUT2D eigenvalue weighted by Crippen LogP contribution is -2.44. The number of aryl methyl sites for hydroxylation is 1. The van der Waals surface area contributed by atoms with Gasteiger partial charge in [0.25, 0.3) is 5.91 Å². The maximum absolute atomic E-state index is 12.5. The average Bonchev–Trinajstić information content (AvgIpc) is 3.09. The first-order chi connectivity index (χ1) is 12.3. The van der Waals surface area contributed by atoms with Crippen LogP contribution in [0.1, 0.15) is 34.7 Å². The lowest BCUT2D eigenvalue weighted by atomic mass is 10.0. The molecule has 4 rings (SSSR count). The zero-order valence-corrected chi connectivity index (χ0v) is 15.2. The highest BCUT2D eigenvalue weighted by Crippen LogP contribution is 2.19. The van der Waals surface area contributed by atoms with Crippen molar-refractivity contribution in [3.8, 4) is 0 Å². The van der Waals surface area contributed by atoms with Gasteiger partial charge in [-0.15, -0.1) is 0 Å². The number of hydrogen-bond donors (Lipinski definition) is 1. The zero-order valence-electron chi connectivity index (χ0n) is 14.4. The quantitative estimate of drug-likeness (QED) is 0.915. The summed E-state index contributed by atoms with van der Waals surface area (Å²) in [5.74, 6) is 3.02. The molecule has 1 saturated heterocycles. The molecule has 1 amide bonds. The molecule has 1 aromatic heterocycles. The van der Waals surface area contributed by atoms with Gasteiger partial charge in [-0.05, 0) is 18.4 Å². The average molecular weight is 356 g/mol. The molecule has 3 heterocycles. The number of imidazole rings is 1. The van der Waals surface area contributed by atoms with Crippen LogP contribution < -0.4 is 5.32 Å². The molecule has 0 radical (unpaired) electrons. The second kappa shape index (κ2) is 7.62. The molecule has 6 heteroatoms. The Kier molecular flexibility index (Phi) is 5.08. The molecule has 0 aliphatic carbocycles. The van der Waals surface area contributed by atoms with E-state index in [0.29, 0.717) is 5.69 Å². The molecule has 1 fully saturated rings. The van der Waals surface area contributed by atoms with E-state index >= 15 is 0 Å². The molecule has 132 valence electrons. The third-order valence-corrected chi connectivity index (χ3v) is 5.90. The number of carbonyl (C=O) groups is 1. The third kappa shape index (κ3) is 4.07. The predicted molar refractivity (Wildman–Crippen MR) is 101 cm³/mol. The van der Waals surface area contributed by atoms with E-state index < -0.39 is 0 Å². The number of fused-ring (bicyclic) bond motifs is 1. The minimum absolute atomic E-state index is 0.0200. The number of nitrogens with zero attached hydrogens (tertiary/aromatic N) is 3. The summed E-state index contributed by atoms with van der Waals surface area (Å²) in [5, 5.41) is 3.18. The fourth-order valence-corrected chi connectivity index (χ4v) is 4.42. The number of aromatic nitrogens is 2. The first-order valence-corrected chi connectivity index (χ1v) is 10.1. The van der Waals surface area contributed by atoms with Crippen molar-refractivity contribution in [1.29, 1.82) is 0 Å². The topological polar surface area (TPSA) is 50.2 Å². The van der Waals surface area contributed by atoms with Gasteiger partial charge >= 0.3 is 0 Å². The van der Waals surface area contributed by atoms with E-state index in [1.54, 1.807) is 0 Å². The van der Waals surface area contributed by atoms with Gasteiger partial charge in [0.2, 0.25) is 0 Å². The Bertz CT molecular complexity index is 699. The molecule has 1 N–H and O–H groups in total. The first-order valence-electron chi connectivity index (χ1n) is 8.99. The van der Waals surface area contributed by atoms with Crippen LogP contribution in [-0.4, -0.2) is 45.2 Å². The number of amides is 1. The summed E-state index contributed by atoms with van der Waals surface area (Å²) >= 11 is 1.88. The molecule has 1 aromatic carbocycles. The standard InChI is InChI=1S/C19H24N4OS/c24-19(17-13-23-10-11-25-14-18(23)21-17)20-16-6-8-22(9-7-16)12-15-4-2-1-3-5-15/h1-5,13,16H,6-12,14H2,(H,20,24). The van der Waals surface area contributed by atoms with Gasteiger partial charge in [-0.2, -0.15) is 11.8 Å². The zero-order chi connectivity index (χ0) is 17.1. The molecular formula is C19H24N4OS. The molecular weight excluding hydrogens is 332 g/mol. The van der Waals surface area contributed by atoms with Crippen molar-refractivity contribution in [1.82, 2.24) is 19.8 Å². The van der Waals surface area contributed by atoms with Gasteiger partial charge in [-0.1, -0.05) is 30.3 Å². The number of likely N-dealkylation sites (tertiary alicyclic amines) is 1. The van der Waals surface area contributed by atoms with Crippen molar-refractivity contribution in [3.63, 3.8) is 0 Å². The highest BCUT2D eigenvalue weighted by atomic mass is 32.2.